The number of ketones is 1. The summed E-state index contributed by atoms with van der Waals surface area (Å²) in [4.78, 5) is 13.4. The standard InChI is InChI=1S/C26H26N2O2/c1-16(2)30-24-12-8-7-11-20(24)25-21(15-27)17(3)28-22-13-19(14-23(29)26(22)25)18-9-5-4-6-10-18/h4-12,16,19,25,28H,13-14H2,1-3H3/t19-,25+/m1/s1. The molecule has 0 amide bonds. The van der Waals surface area contributed by atoms with Gasteiger partial charge in [-0.2, -0.15) is 5.26 Å². The topological polar surface area (TPSA) is 62.1 Å². The highest BCUT2D eigenvalue weighted by Gasteiger charge is 2.39. The van der Waals surface area contributed by atoms with Gasteiger partial charge in [-0.3, -0.25) is 4.79 Å². The molecule has 4 heteroatoms. The Morgan fingerprint density at radius 2 is 1.77 bits per heavy atom. The van der Waals surface area contributed by atoms with E-state index in [2.05, 4.69) is 23.5 Å². The highest BCUT2D eigenvalue weighted by atomic mass is 16.5. The summed E-state index contributed by atoms with van der Waals surface area (Å²) < 4.78 is 6.05. The number of nitriles is 1. The summed E-state index contributed by atoms with van der Waals surface area (Å²) in [5.74, 6) is 0.571. The summed E-state index contributed by atoms with van der Waals surface area (Å²) in [6, 6.07) is 20.3. The average Bonchev–Trinajstić information content (AvgIpc) is 2.73. The molecule has 0 aromatic heterocycles. The number of ether oxygens (including phenoxy) is 1. The summed E-state index contributed by atoms with van der Waals surface area (Å²) in [6.07, 6.45) is 1.21. The van der Waals surface area contributed by atoms with Crippen molar-refractivity contribution in [3.8, 4) is 11.8 Å². The van der Waals surface area contributed by atoms with Crippen LogP contribution in [0, 0.1) is 11.3 Å². The van der Waals surface area contributed by atoms with Crippen molar-refractivity contribution in [2.24, 2.45) is 0 Å². The number of dihydropyridines is 1. The minimum atomic E-state index is -0.398. The number of hydrogen-bond donors (Lipinski definition) is 1. The van der Waals surface area contributed by atoms with E-state index >= 15 is 0 Å². The Bertz CT molecular complexity index is 1070. The molecule has 4 nitrogen and oxygen atoms in total. The number of nitrogens with zero attached hydrogens (tertiary/aromatic N) is 1. The van der Waals surface area contributed by atoms with Gasteiger partial charge < -0.3 is 10.1 Å². The van der Waals surface area contributed by atoms with Crippen LogP contribution >= 0.6 is 0 Å². The van der Waals surface area contributed by atoms with Crippen LogP contribution in [0.4, 0.5) is 0 Å². The number of rotatable bonds is 4. The zero-order valence-corrected chi connectivity index (χ0v) is 17.6. The number of nitrogens with one attached hydrogen (secondary N) is 1. The van der Waals surface area contributed by atoms with Gasteiger partial charge in [0.1, 0.15) is 5.75 Å². The SMILES string of the molecule is CC1=C(C#N)[C@H](c2ccccc2OC(C)C)C2=C(C[C@@H](c3ccccc3)CC2=O)N1. The number of carbonyl (C=O) groups is 1. The molecule has 0 spiro atoms. The molecule has 1 aliphatic carbocycles. The second-order valence-electron chi connectivity index (χ2n) is 8.24. The fraction of sp³-hybridized carbons (Fsp3) is 0.308. The van der Waals surface area contributed by atoms with E-state index in [1.54, 1.807) is 0 Å². The molecule has 0 bridgehead atoms. The summed E-state index contributed by atoms with van der Waals surface area (Å²) in [7, 11) is 0. The van der Waals surface area contributed by atoms with E-state index in [9.17, 15) is 10.1 Å². The molecule has 1 N–H and O–H groups in total. The number of hydrogen-bond acceptors (Lipinski definition) is 4. The van der Waals surface area contributed by atoms with Gasteiger partial charge in [0.25, 0.3) is 0 Å². The van der Waals surface area contributed by atoms with Gasteiger partial charge in [0.15, 0.2) is 5.78 Å². The molecule has 2 aromatic carbocycles. The van der Waals surface area contributed by atoms with Crippen molar-refractivity contribution in [1.29, 1.82) is 5.26 Å². The van der Waals surface area contributed by atoms with Crippen LogP contribution in [-0.4, -0.2) is 11.9 Å². The second kappa shape index (κ2) is 8.20. The first kappa shape index (κ1) is 20.0. The van der Waals surface area contributed by atoms with E-state index in [1.807, 2.05) is 63.2 Å². The molecular weight excluding hydrogens is 372 g/mol. The van der Waals surface area contributed by atoms with Gasteiger partial charge in [0.2, 0.25) is 0 Å². The monoisotopic (exact) mass is 398 g/mol. The van der Waals surface area contributed by atoms with Crippen LogP contribution in [0.2, 0.25) is 0 Å². The van der Waals surface area contributed by atoms with Crippen molar-refractivity contribution in [2.75, 3.05) is 0 Å². The normalized spacial score (nSPS) is 21.2. The molecule has 0 unspecified atom stereocenters. The van der Waals surface area contributed by atoms with Gasteiger partial charge in [-0.15, -0.1) is 0 Å². The summed E-state index contributed by atoms with van der Waals surface area (Å²) in [6.45, 7) is 5.87. The van der Waals surface area contributed by atoms with Crippen LogP contribution in [0.3, 0.4) is 0 Å². The van der Waals surface area contributed by atoms with Gasteiger partial charge in [0.05, 0.1) is 23.7 Å². The fourth-order valence-electron chi connectivity index (χ4n) is 4.54. The van der Waals surface area contributed by atoms with Crippen LogP contribution in [-0.2, 0) is 4.79 Å². The van der Waals surface area contributed by atoms with E-state index in [-0.39, 0.29) is 17.8 Å². The lowest BCUT2D eigenvalue weighted by Gasteiger charge is -2.36. The Balaban J connectivity index is 1.81. The Hall–Kier alpha value is -3.32. The first-order valence-corrected chi connectivity index (χ1v) is 10.4. The molecule has 152 valence electrons. The first-order valence-electron chi connectivity index (χ1n) is 10.4. The fourth-order valence-corrected chi connectivity index (χ4v) is 4.54. The molecule has 1 heterocycles. The maximum Gasteiger partial charge on any atom is 0.162 e. The highest BCUT2D eigenvalue weighted by molar-refractivity contribution is 6.00. The quantitative estimate of drug-likeness (QED) is 0.753. The lowest BCUT2D eigenvalue weighted by Crippen LogP contribution is -2.33. The maximum atomic E-state index is 13.4. The maximum absolute atomic E-state index is 13.4. The van der Waals surface area contributed by atoms with Gasteiger partial charge in [0, 0.05) is 29.0 Å². The Morgan fingerprint density at radius 1 is 1.07 bits per heavy atom. The largest absolute Gasteiger partial charge is 0.491 e. The number of benzene rings is 2. The average molecular weight is 399 g/mol. The number of Topliss-reactive ketones (excluding diaryl/α,β-unsaturated/α-hetero) is 1. The zero-order chi connectivity index (χ0) is 21.3. The van der Waals surface area contributed by atoms with E-state index in [4.69, 9.17) is 4.74 Å². The molecule has 2 aliphatic rings. The highest BCUT2D eigenvalue weighted by Crippen LogP contribution is 2.47. The summed E-state index contributed by atoms with van der Waals surface area (Å²) >= 11 is 0. The summed E-state index contributed by atoms with van der Waals surface area (Å²) in [5.41, 5.74) is 5.09. The third-order valence-corrected chi connectivity index (χ3v) is 5.81. The third kappa shape index (κ3) is 3.64. The van der Waals surface area contributed by atoms with Crippen molar-refractivity contribution in [2.45, 2.75) is 51.6 Å². The molecule has 2 atom stereocenters. The van der Waals surface area contributed by atoms with Crippen molar-refractivity contribution in [3.05, 3.63) is 88.3 Å². The van der Waals surface area contributed by atoms with Crippen LogP contribution < -0.4 is 10.1 Å². The van der Waals surface area contributed by atoms with Gasteiger partial charge >= 0.3 is 0 Å². The number of carbonyl (C=O) groups excluding carboxylic acids is 1. The minimum absolute atomic E-state index is 0.00134. The van der Waals surface area contributed by atoms with Crippen LogP contribution in [0.5, 0.6) is 5.75 Å². The Kier molecular flexibility index (Phi) is 5.46. The molecule has 30 heavy (non-hydrogen) atoms. The van der Waals surface area contributed by atoms with E-state index in [0.29, 0.717) is 17.6 Å². The second-order valence-corrected chi connectivity index (χ2v) is 8.24. The van der Waals surface area contributed by atoms with Gasteiger partial charge in [-0.25, -0.2) is 0 Å². The lowest BCUT2D eigenvalue weighted by molar-refractivity contribution is -0.116. The molecule has 2 aromatic rings. The minimum Gasteiger partial charge on any atom is -0.491 e. The van der Waals surface area contributed by atoms with Crippen LogP contribution in [0.1, 0.15) is 56.6 Å². The van der Waals surface area contributed by atoms with Crippen molar-refractivity contribution < 1.29 is 9.53 Å². The molecule has 0 radical (unpaired) electrons. The molecule has 0 saturated heterocycles. The summed E-state index contributed by atoms with van der Waals surface area (Å²) in [5, 5.41) is 13.3. The molecule has 0 saturated carbocycles. The Morgan fingerprint density at radius 3 is 2.47 bits per heavy atom. The molecule has 1 aliphatic heterocycles. The molecule has 4 rings (SSSR count). The van der Waals surface area contributed by atoms with E-state index in [1.165, 1.54) is 5.56 Å². The third-order valence-electron chi connectivity index (χ3n) is 5.81. The van der Waals surface area contributed by atoms with Crippen molar-refractivity contribution >= 4 is 5.78 Å². The van der Waals surface area contributed by atoms with Crippen LogP contribution in [0.15, 0.2) is 77.1 Å². The van der Waals surface area contributed by atoms with E-state index in [0.717, 1.165) is 29.1 Å². The number of allylic oxidation sites excluding steroid dienone is 4. The Labute approximate surface area is 177 Å². The predicted molar refractivity (Wildman–Crippen MR) is 117 cm³/mol. The molecule has 0 fully saturated rings. The van der Waals surface area contributed by atoms with Gasteiger partial charge in [-0.1, -0.05) is 48.5 Å². The smallest absolute Gasteiger partial charge is 0.162 e. The van der Waals surface area contributed by atoms with E-state index < -0.39 is 5.92 Å². The van der Waals surface area contributed by atoms with Crippen molar-refractivity contribution in [1.82, 2.24) is 5.32 Å². The van der Waals surface area contributed by atoms with Crippen molar-refractivity contribution in [3.63, 3.8) is 0 Å². The lowest BCUT2D eigenvalue weighted by atomic mass is 9.72. The predicted octanol–water partition coefficient (Wildman–Crippen LogP) is 5.36. The molecular formula is C26H26N2O2. The van der Waals surface area contributed by atoms with Crippen LogP contribution in [0.25, 0.3) is 0 Å². The number of para-hydroxylation sites is 1. The zero-order valence-electron chi connectivity index (χ0n) is 17.6. The van der Waals surface area contributed by atoms with Gasteiger partial charge in [-0.05, 0) is 44.7 Å². The first-order chi connectivity index (χ1) is 14.5.